The summed E-state index contributed by atoms with van der Waals surface area (Å²) in [5.74, 6) is 1.41. The SMILES string of the molecule is CCOc1c(Br)cc(Br)cc1CNCC(C)COC. The molecule has 0 aromatic heterocycles. The fraction of sp³-hybridized carbons (Fsp3) is 0.571. The molecule has 0 aliphatic carbocycles. The lowest BCUT2D eigenvalue weighted by molar-refractivity contribution is 0.158. The van der Waals surface area contributed by atoms with Crippen LogP contribution in [0.3, 0.4) is 0 Å². The van der Waals surface area contributed by atoms with Gasteiger partial charge in [-0.3, -0.25) is 0 Å². The molecule has 1 N–H and O–H groups in total. The van der Waals surface area contributed by atoms with Gasteiger partial charge in [-0.05, 0) is 40.9 Å². The van der Waals surface area contributed by atoms with Crippen molar-refractivity contribution in [2.24, 2.45) is 5.92 Å². The molecular formula is C14H21Br2NO2. The zero-order valence-corrected chi connectivity index (χ0v) is 14.8. The van der Waals surface area contributed by atoms with Crippen LogP contribution in [-0.4, -0.2) is 26.9 Å². The predicted molar refractivity (Wildman–Crippen MR) is 85.8 cm³/mol. The molecule has 0 heterocycles. The highest BCUT2D eigenvalue weighted by Crippen LogP contribution is 2.32. The smallest absolute Gasteiger partial charge is 0.138 e. The van der Waals surface area contributed by atoms with Gasteiger partial charge in [-0.25, -0.2) is 0 Å². The van der Waals surface area contributed by atoms with Gasteiger partial charge in [-0.15, -0.1) is 0 Å². The Morgan fingerprint density at radius 2 is 2.05 bits per heavy atom. The number of ether oxygens (including phenoxy) is 2. The second-order valence-electron chi connectivity index (χ2n) is 4.50. The summed E-state index contributed by atoms with van der Waals surface area (Å²) in [6.45, 7) is 7.29. The Morgan fingerprint density at radius 1 is 1.32 bits per heavy atom. The molecule has 0 saturated heterocycles. The minimum atomic E-state index is 0.496. The average molecular weight is 395 g/mol. The first-order valence-corrected chi connectivity index (χ1v) is 7.97. The van der Waals surface area contributed by atoms with Gasteiger partial charge in [0, 0.05) is 36.8 Å². The van der Waals surface area contributed by atoms with Crippen LogP contribution in [0.2, 0.25) is 0 Å². The first kappa shape index (κ1) is 17.0. The quantitative estimate of drug-likeness (QED) is 0.723. The van der Waals surface area contributed by atoms with Crippen molar-refractivity contribution < 1.29 is 9.47 Å². The van der Waals surface area contributed by atoms with Crippen LogP contribution in [0.5, 0.6) is 5.75 Å². The summed E-state index contributed by atoms with van der Waals surface area (Å²) in [4.78, 5) is 0. The molecule has 1 unspecified atom stereocenters. The highest BCUT2D eigenvalue weighted by Gasteiger charge is 2.10. The topological polar surface area (TPSA) is 30.5 Å². The molecule has 0 amide bonds. The number of benzene rings is 1. The molecule has 1 atom stereocenters. The molecule has 1 aromatic carbocycles. The van der Waals surface area contributed by atoms with Gasteiger partial charge in [-0.1, -0.05) is 22.9 Å². The van der Waals surface area contributed by atoms with Crippen LogP contribution in [0, 0.1) is 5.92 Å². The number of hydrogen-bond acceptors (Lipinski definition) is 3. The van der Waals surface area contributed by atoms with Crippen LogP contribution >= 0.6 is 31.9 Å². The van der Waals surface area contributed by atoms with Crippen LogP contribution in [0.25, 0.3) is 0 Å². The Hall–Kier alpha value is -0.100. The molecule has 0 aliphatic heterocycles. The van der Waals surface area contributed by atoms with Crippen molar-refractivity contribution in [3.63, 3.8) is 0 Å². The molecule has 1 rings (SSSR count). The summed E-state index contributed by atoms with van der Waals surface area (Å²) in [5.41, 5.74) is 1.15. The van der Waals surface area contributed by atoms with E-state index in [9.17, 15) is 0 Å². The Balaban J connectivity index is 2.65. The molecule has 1 aromatic rings. The number of rotatable bonds is 8. The van der Waals surface area contributed by atoms with Gasteiger partial charge in [0.15, 0.2) is 0 Å². The Kier molecular flexibility index (Phi) is 7.99. The van der Waals surface area contributed by atoms with E-state index < -0.39 is 0 Å². The molecule has 0 saturated carbocycles. The minimum absolute atomic E-state index is 0.496. The highest BCUT2D eigenvalue weighted by atomic mass is 79.9. The molecule has 0 radical (unpaired) electrons. The minimum Gasteiger partial charge on any atom is -0.492 e. The summed E-state index contributed by atoms with van der Waals surface area (Å²) in [5, 5.41) is 3.44. The Morgan fingerprint density at radius 3 is 2.68 bits per heavy atom. The lowest BCUT2D eigenvalue weighted by Crippen LogP contribution is -2.23. The van der Waals surface area contributed by atoms with Crippen LogP contribution < -0.4 is 10.1 Å². The number of halogens is 2. The Bertz CT molecular complexity index is 399. The zero-order chi connectivity index (χ0) is 14.3. The molecule has 108 valence electrons. The van der Waals surface area contributed by atoms with Crippen molar-refractivity contribution in [2.45, 2.75) is 20.4 Å². The average Bonchev–Trinajstić information content (AvgIpc) is 2.33. The van der Waals surface area contributed by atoms with Gasteiger partial charge in [0.25, 0.3) is 0 Å². The third kappa shape index (κ3) is 5.81. The number of methoxy groups -OCH3 is 1. The van der Waals surface area contributed by atoms with Crippen molar-refractivity contribution >= 4 is 31.9 Å². The maximum Gasteiger partial charge on any atom is 0.138 e. The van der Waals surface area contributed by atoms with Crippen molar-refractivity contribution in [1.29, 1.82) is 0 Å². The van der Waals surface area contributed by atoms with E-state index in [1.54, 1.807) is 7.11 Å². The summed E-state index contributed by atoms with van der Waals surface area (Å²) < 4.78 is 12.8. The van der Waals surface area contributed by atoms with E-state index in [1.807, 2.05) is 13.0 Å². The van der Waals surface area contributed by atoms with Gasteiger partial charge in [0.1, 0.15) is 5.75 Å². The van der Waals surface area contributed by atoms with Crippen LogP contribution in [-0.2, 0) is 11.3 Å². The van der Waals surface area contributed by atoms with E-state index in [4.69, 9.17) is 9.47 Å². The first-order chi connectivity index (χ1) is 9.08. The predicted octanol–water partition coefficient (Wildman–Crippen LogP) is 3.98. The summed E-state index contributed by atoms with van der Waals surface area (Å²) >= 11 is 7.05. The van der Waals surface area contributed by atoms with Crippen LogP contribution in [0.4, 0.5) is 0 Å². The van der Waals surface area contributed by atoms with Crippen LogP contribution in [0.1, 0.15) is 19.4 Å². The van der Waals surface area contributed by atoms with E-state index in [0.29, 0.717) is 12.5 Å². The highest BCUT2D eigenvalue weighted by molar-refractivity contribution is 9.11. The third-order valence-electron chi connectivity index (χ3n) is 2.63. The lowest BCUT2D eigenvalue weighted by Gasteiger charge is -2.15. The molecule has 0 fully saturated rings. The van der Waals surface area contributed by atoms with E-state index in [2.05, 4.69) is 50.2 Å². The molecular weight excluding hydrogens is 374 g/mol. The van der Waals surface area contributed by atoms with Crippen molar-refractivity contribution in [3.05, 3.63) is 26.6 Å². The largest absolute Gasteiger partial charge is 0.492 e. The van der Waals surface area contributed by atoms with Crippen molar-refractivity contribution in [2.75, 3.05) is 26.9 Å². The van der Waals surface area contributed by atoms with E-state index in [0.717, 1.165) is 40.0 Å². The van der Waals surface area contributed by atoms with E-state index in [-0.39, 0.29) is 0 Å². The second-order valence-corrected chi connectivity index (χ2v) is 6.27. The fourth-order valence-corrected chi connectivity index (χ4v) is 3.28. The molecule has 3 nitrogen and oxygen atoms in total. The molecule has 0 aliphatic rings. The van der Waals surface area contributed by atoms with Gasteiger partial charge in [-0.2, -0.15) is 0 Å². The van der Waals surface area contributed by atoms with Gasteiger partial charge in [0.05, 0.1) is 11.1 Å². The molecule has 0 spiro atoms. The zero-order valence-electron chi connectivity index (χ0n) is 11.6. The first-order valence-electron chi connectivity index (χ1n) is 6.38. The number of hydrogen-bond donors (Lipinski definition) is 1. The molecule has 0 bridgehead atoms. The Labute approximate surface area is 132 Å². The van der Waals surface area contributed by atoms with Gasteiger partial charge < -0.3 is 14.8 Å². The van der Waals surface area contributed by atoms with Crippen molar-refractivity contribution in [3.8, 4) is 5.75 Å². The van der Waals surface area contributed by atoms with Crippen LogP contribution in [0.15, 0.2) is 21.1 Å². The standard InChI is InChI=1S/C14H21Br2NO2/c1-4-19-14-11(5-12(15)6-13(14)16)8-17-7-10(2)9-18-3/h5-6,10,17H,4,7-9H2,1-3H3. The molecule has 19 heavy (non-hydrogen) atoms. The third-order valence-corrected chi connectivity index (χ3v) is 3.68. The van der Waals surface area contributed by atoms with Crippen molar-refractivity contribution in [1.82, 2.24) is 5.32 Å². The van der Waals surface area contributed by atoms with Gasteiger partial charge in [0.2, 0.25) is 0 Å². The summed E-state index contributed by atoms with van der Waals surface area (Å²) in [6, 6.07) is 4.09. The normalized spacial score (nSPS) is 12.5. The fourth-order valence-electron chi connectivity index (χ4n) is 1.85. The second kappa shape index (κ2) is 8.95. The maximum atomic E-state index is 5.70. The maximum absolute atomic E-state index is 5.70. The van der Waals surface area contributed by atoms with Gasteiger partial charge >= 0.3 is 0 Å². The molecule has 5 heteroatoms. The number of nitrogens with one attached hydrogen (secondary N) is 1. The lowest BCUT2D eigenvalue weighted by atomic mass is 10.1. The monoisotopic (exact) mass is 393 g/mol. The van der Waals surface area contributed by atoms with E-state index >= 15 is 0 Å². The summed E-state index contributed by atoms with van der Waals surface area (Å²) in [7, 11) is 1.73. The van der Waals surface area contributed by atoms with E-state index in [1.165, 1.54) is 0 Å². The summed E-state index contributed by atoms with van der Waals surface area (Å²) in [6.07, 6.45) is 0.